The second-order valence-corrected chi connectivity index (χ2v) is 6.58. The van der Waals surface area contributed by atoms with Gasteiger partial charge in [0.15, 0.2) is 0 Å². The zero-order valence-electron chi connectivity index (χ0n) is 12.4. The summed E-state index contributed by atoms with van der Waals surface area (Å²) in [5.74, 6) is 0. The monoisotopic (exact) mass is 417 g/mol. The van der Waals surface area contributed by atoms with Crippen molar-refractivity contribution in [3.8, 4) is 0 Å². The number of aryl methyl sites for hydroxylation is 1. The van der Waals surface area contributed by atoms with Crippen LogP contribution in [0.4, 0.5) is 0 Å². The molecule has 1 atom stereocenters. The molecule has 1 N–H and O–H groups in total. The van der Waals surface area contributed by atoms with Gasteiger partial charge in [-0.15, -0.1) is 0 Å². The molecule has 1 heterocycles. The topological polar surface area (TPSA) is 29.9 Å². The molecule has 2 rings (SSSR count). The Bertz CT molecular complexity index is 583. The van der Waals surface area contributed by atoms with Gasteiger partial charge in [0.1, 0.15) is 0 Å². The number of nitrogens with one attached hydrogen (secondary N) is 1. The standard InChI is InChI=1S/C16H21ClIN3/c1-3-9-19-15(12-7-5-6-8-14(12)18)16-13(17)11-20-21(16)10-4-2/h5-8,11,15,19H,3-4,9-10H2,1-2H3. The van der Waals surface area contributed by atoms with Gasteiger partial charge in [0.05, 0.1) is 23.0 Å². The fourth-order valence-electron chi connectivity index (χ4n) is 2.40. The molecular formula is C16H21ClIN3. The van der Waals surface area contributed by atoms with Gasteiger partial charge in [-0.1, -0.05) is 43.6 Å². The van der Waals surface area contributed by atoms with Crippen LogP contribution in [0.25, 0.3) is 0 Å². The molecule has 0 saturated carbocycles. The van der Waals surface area contributed by atoms with Crippen molar-refractivity contribution in [1.82, 2.24) is 15.1 Å². The minimum absolute atomic E-state index is 0.0830. The maximum absolute atomic E-state index is 6.43. The van der Waals surface area contributed by atoms with E-state index in [0.717, 1.165) is 36.6 Å². The Labute approximate surface area is 145 Å². The van der Waals surface area contributed by atoms with Crippen molar-refractivity contribution in [2.24, 2.45) is 0 Å². The third-order valence-corrected chi connectivity index (χ3v) is 4.63. The molecule has 114 valence electrons. The van der Waals surface area contributed by atoms with Crippen LogP contribution in [0.2, 0.25) is 5.02 Å². The molecule has 5 heteroatoms. The van der Waals surface area contributed by atoms with E-state index < -0.39 is 0 Å². The Hall–Kier alpha value is -0.590. The average Bonchev–Trinajstić information content (AvgIpc) is 2.83. The van der Waals surface area contributed by atoms with Crippen molar-refractivity contribution in [2.75, 3.05) is 6.54 Å². The van der Waals surface area contributed by atoms with Gasteiger partial charge in [-0.25, -0.2) is 0 Å². The SMILES string of the molecule is CCCNC(c1ccccc1I)c1c(Cl)cnn1CCC. The number of rotatable bonds is 7. The molecule has 21 heavy (non-hydrogen) atoms. The fraction of sp³-hybridized carbons (Fsp3) is 0.438. The first-order chi connectivity index (χ1) is 10.2. The smallest absolute Gasteiger partial charge is 0.0837 e. The van der Waals surface area contributed by atoms with E-state index in [1.165, 1.54) is 9.13 Å². The van der Waals surface area contributed by atoms with E-state index in [2.05, 4.69) is 71.1 Å². The summed E-state index contributed by atoms with van der Waals surface area (Å²) in [7, 11) is 0. The molecule has 0 radical (unpaired) electrons. The van der Waals surface area contributed by atoms with E-state index in [9.17, 15) is 0 Å². The van der Waals surface area contributed by atoms with E-state index in [-0.39, 0.29) is 6.04 Å². The molecule has 0 fully saturated rings. The van der Waals surface area contributed by atoms with Crippen molar-refractivity contribution >= 4 is 34.2 Å². The number of benzene rings is 1. The van der Waals surface area contributed by atoms with Crippen LogP contribution < -0.4 is 5.32 Å². The molecule has 1 aromatic heterocycles. The van der Waals surface area contributed by atoms with Gasteiger partial charge >= 0.3 is 0 Å². The Morgan fingerprint density at radius 1 is 1.29 bits per heavy atom. The lowest BCUT2D eigenvalue weighted by Gasteiger charge is -2.22. The molecular weight excluding hydrogens is 397 g/mol. The van der Waals surface area contributed by atoms with Crippen molar-refractivity contribution in [1.29, 1.82) is 0 Å². The second kappa shape index (κ2) is 8.15. The van der Waals surface area contributed by atoms with Crippen LogP contribution in [0.15, 0.2) is 30.5 Å². The zero-order valence-corrected chi connectivity index (χ0v) is 15.4. The first-order valence-electron chi connectivity index (χ1n) is 7.38. The Morgan fingerprint density at radius 2 is 2.05 bits per heavy atom. The minimum atomic E-state index is 0.0830. The third-order valence-electron chi connectivity index (χ3n) is 3.36. The number of hydrogen-bond acceptors (Lipinski definition) is 2. The van der Waals surface area contributed by atoms with Crippen LogP contribution in [0.1, 0.15) is 44.0 Å². The van der Waals surface area contributed by atoms with Crippen LogP contribution >= 0.6 is 34.2 Å². The van der Waals surface area contributed by atoms with Gasteiger partial charge < -0.3 is 5.32 Å². The molecule has 0 saturated heterocycles. The summed E-state index contributed by atoms with van der Waals surface area (Å²) in [6, 6.07) is 8.51. The highest BCUT2D eigenvalue weighted by Gasteiger charge is 2.23. The molecule has 2 aromatic rings. The predicted molar refractivity (Wildman–Crippen MR) is 96.8 cm³/mol. The minimum Gasteiger partial charge on any atom is -0.305 e. The normalized spacial score (nSPS) is 12.6. The largest absolute Gasteiger partial charge is 0.305 e. The molecule has 0 amide bonds. The predicted octanol–water partition coefficient (Wildman–Crippen LogP) is 4.64. The van der Waals surface area contributed by atoms with Gasteiger partial charge in [-0.05, 0) is 53.6 Å². The summed E-state index contributed by atoms with van der Waals surface area (Å²) in [5, 5.41) is 8.78. The molecule has 0 aliphatic heterocycles. The van der Waals surface area contributed by atoms with Crippen LogP contribution in [0, 0.1) is 3.57 Å². The average molecular weight is 418 g/mol. The highest BCUT2D eigenvalue weighted by Crippen LogP contribution is 2.31. The summed E-state index contributed by atoms with van der Waals surface area (Å²) in [6.45, 7) is 6.16. The molecule has 1 aromatic carbocycles. The first kappa shape index (κ1) is 16.8. The highest BCUT2D eigenvalue weighted by atomic mass is 127. The molecule has 0 aliphatic rings. The lowest BCUT2D eigenvalue weighted by atomic mass is 10.0. The fourth-order valence-corrected chi connectivity index (χ4v) is 3.35. The second-order valence-electron chi connectivity index (χ2n) is 5.01. The van der Waals surface area contributed by atoms with E-state index >= 15 is 0 Å². The van der Waals surface area contributed by atoms with Gasteiger partial charge in [0, 0.05) is 10.1 Å². The van der Waals surface area contributed by atoms with Crippen LogP contribution in [0.5, 0.6) is 0 Å². The van der Waals surface area contributed by atoms with Crippen molar-refractivity contribution in [3.63, 3.8) is 0 Å². The van der Waals surface area contributed by atoms with Crippen molar-refractivity contribution in [3.05, 3.63) is 50.3 Å². The Kier molecular flexibility index (Phi) is 6.51. The molecule has 0 aliphatic carbocycles. The van der Waals surface area contributed by atoms with Gasteiger partial charge in [0.2, 0.25) is 0 Å². The number of nitrogens with zero attached hydrogens (tertiary/aromatic N) is 2. The lowest BCUT2D eigenvalue weighted by molar-refractivity contribution is 0.511. The van der Waals surface area contributed by atoms with E-state index in [1.54, 1.807) is 6.20 Å². The van der Waals surface area contributed by atoms with E-state index in [4.69, 9.17) is 11.6 Å². The first-order valence-corrected chi connectivity index (χ1v) is 8.83. The summed E-state index contributed by atoms with van der Waals surface area (Å²) in [6.07, 6.45) is 3.87. The molecule has 3 nitrogen and oxygen atoms in total. The van der Waals surface area contributed by atoms with Crippen LogP contribution in [0.3, 0.4) is 0 Å². The van der Waals surface area contributed by atoms with Crippen LogP contribution in [-0.2, 0) is 6.54 Å². The van der Waals surface area contributed by atoms with Crippen molar-refractivity contribution in [2.45, 2.75) is 39.3 Å². The Balaban J connectivity index is 2.45. The number of halogens is 2. The van der Waals surface area contributed by atoms with Crippen molar-refractivity contribution < 1.29 is 0 Å². The van der Waals surface area contributed by atoms with E-state index in [1.807, 2.05) is 4.68 Å². The van der Waals surface area contributed by atoms with Gasteiger partial charge in [-0.3, -0.25) is 4.68 Å². The highest BCUT2D eigenvalue weighted by molar-refractivity contribution is 14.1. The zero-order chi connectivity index (χ0) is 15.2. The maximum atomic E-state index is 6.43. The third kappa shape index (κ3) is 3.99. The maximum Gasteiger partial charge on any atom is 0.0837 e. The summed E-state index contributed by atoms with van der Waals surface area (Å²) in [5.41, 5.74) is 2.32. The van der Waals surface area contributed by atoms with Gasteiger partial charge in [-0.2, -0.15) is 5.10 Å². The quantitative estimate of drug-likeness (QED) is 0.665. The lowest BCUT2D eigenvalue weighted by Crippen LogP contribution is -2.27. The number of hydrogen-bond donors (Lipinski definition) is 1. The van der Waals surface area contributed by atoms with E-state index in [0.29, 0.717) is 0 Å². The van der Waals surface area contributed by atoms with Gasteiger partial charge in [0.25, 0.3) is 0 Å². The van der Waals surface area contributed by atoms with Crippen LogP contribution in [-0.4, -0.2) is 16.3 Å². The molecule has 1 unspecified atom stereocenters. The number of aromatic nitrogens is 2. The summed E-state index contributed by atoms with van der Waals surface area (Å²) >= 11 is 8.82. The summed E-state index contributed by atoms with van der Waals surface area (Å²) in [4.78, 5) is 0. The summed E-state index contributed by atoms with van der Waals surface area (Å²) < 4.78 is 3.27. The Morgan fingerprint density at radius 3 is 2.71 bits per heavy atom. The molecule has 0 bridgehead atoms. The molecule has 0 spiro atoms.